The largest absolute Gasteiger partial charge is 0.389 e. The number of hydrogen-bond donors (Lipinski definition) is 1. The molecule has 1 atom stereocenters. The van der Waals surface area contributed by atoms with Gasteiger partial charge in [-0.2, -0.15) is 0 Å². The molecule has 0 spiro atoms. The standard InChI is InChI=1S/C10H12OS/c1-9(11)7-8-12-10-5-3-2-4-6-10/h2-9,11H,1H3/t9-/m0/s1. The van der Waals surface area contributed by atoms with Gasteiger partial charge >= 0.3 is 0 Å². The second-order valence-corrected chi connectivity index (χ2v) is 3.48. The van der Waals surface area contributed by atoms with Gasteiger partial charge in [0.05, 0.1) is 6.10 Å². The van der Waals surface area contributed by atoms with Gasteiger partial charge in [-0.3, -0.25) is 0 Å². The Balaban J connectivity index is 2.43. The third-order valence-electron chi connectivity index (χ3n) is 1.30. The van der Waals surface area contributed by atoms with E-state index in [4.69, 9.17) is 5.11 Å². The molecule has 12 heavy (non-hydrogen) atoms. The minimum absolute atomic E-state index is 0.360. The van der Waals surface area contributed by atoms with E-state index in [-0.39, 0.29) is 6.10 Å². The SMILES string of the molecule is C[C@H](O)C=CSc1ccccc1. The van der Waals surface area contributed by atoms with E-state index in [1.807, 2.05) is 35.7 Å². The molecule has 1 nitrogen and oxygen atoms in total. The van der Waals surface area contributed by atoms with Crippen LogP contribution < -0.4 is 0 Å². The van der Waals surface area contributed by atoms with Crippen LogP contribution in [0.4, 0.5) is 0 Å². The lowest BCUT2D eigenvalue weighted by Gasteiger charge is -1.95. The van der Waals surface area contributed by atoms with Crippen LogP contribution in [0.5, 0.6) is 0 Å². The van der Waals surface area contributed by atoms with E-state index in [1.54, 1.807) is 24.8 Å². The molecule has 0 radical (unpaired) electrons. The Labute approximate surface area is 77.1 Å². The zero-order valence-corrected chi connectivity index (χ0v) is 7.79. The smallest absolute Gasteiger partial charge is 0.0700 e. The molecular formula is C10H12OS. The number of benzene rings is 1. The summed E-state index contributed by atoms with van der Waals surface area (Å²) in [6.45, 7) is 1.74. The van der Waals surface area contributed by atoms with Crippen molar-refractivity contribution < 1.29 is 5.11 Å². The third kappa shape index (κ3) is 3.60. The molecule has 0 aliphatic carbocycles. The monoisotopic (exact) mass is 180 g/mol. The minimum atomic E-state index is -0.360. The molecule has 0 aliphatic rings. The molecule has 64 valence electrons. The lowest BCUT2D eigenvalue weighted by molar-refractivity contribution is 0.244. The van der Waals surface area contributed by atoms with E-state index in [0.717, 1.165) is 0 Å². The Hall–Kier alpha value is -0.730. The maximum atomic E-state index is 8.93. The Morgan fingerprint density at radius 1 is 1.33 bits per heavy atom. The first-order chi connectivity index (χ1) is 5.79. The summed E-state index contributed by atoms with van der Waals surface area (Å²) in [5.74, 6) is 0. The summed E-state index contributed by atoms with van der Waals surface area (Å²) in [5.41, 5.74) is 0. The van der Waals surface area contributed by atoms with Gasteiger partial charge in [0, 0.05) is 4.90 Å². The van der Waals surface area contributed by atoms with Gasteiger partial charge in [-0.1, -0.05) is 30.0 Å². The molecule has 0 saturated carbocycles. The zero-order valence-electron chi connectivity index (χ0n) is 6.97. The molecule has 0 unspecified atom stereocenters. The van der Waals surface area contributed by atoms with Crippen LogP contribution in [0, 0.1) is 0 Å². The van der Waals surface area contributed by atoms with Crippen molar-refractivity contribution in [1.29, 1.82) is 0 Å². The summed E-state index contributed by atoms with van der Waals surface area (Å²) >= 11 is 1.61. The van der Waals surface area contributed by atoms with E-state index < -0.39 is 0 Å². The molecule has 0 amide bonds. The molecule has 0 heterocycles. The first kappa shape index (κ1) is 9.36. The quantitative estimate of drug-likeness (QED) is 0.722. The topological polar surface area (TPSA) is 20.2 Å². The molecule has 0 fully saturated rings. The van der Waals surface area contributed by atoms with Gasteiger partial charge in [0.2, 0.25) is 0 Å². The molecule has 1 aromatic carbocycles. The molecular weight excluding hydrogens is 168 g/mol. The van der Waals surface area contributed by atoms with Crippen LogP contribution >= 0.6 is 11.8 Å². The van der Waals surface area contributed by atoms with Crippen molar-refractivity contribution in [3.8, 4) is 0 Å². The highest BCUT2D eigenvalue weighted by molar-refractivity contribution is 8.02. The second kappa shape index (κ2) is 5.01. The highest BCUT2D eigenvalue weighted by Gasteiger charge is 1.88. The predicted octanol–water partition coefficient (Wildman–Crippen LogP) is 2.67. The predicted molar refractivity (Wildman–Crippen MR) is 53.1 cm³/mol. The fourth-order valence-electron chi connectivity index (χ4n) is 0.731. The molecule has 1 aromatic rings. The van der Waals surface area contributed by atoms with Crippen molar-refractivity contribution in [2.75, 3.05) is 0 Å². The lowest BCUT2D eigenvalue weighted by atomic mass is 10.4. The number of aliphatic hydroxyl groups is 1. The number of aliphatic hydroxyl groups excluding tert-OH is 1. The maximum absolute atomic E-state index is 8.93. The van der Waals surface area contributed by atoms with Gasteiger partial charge in [0.1, 0.15) is 0 Å². The van der Waals surface area contributed by atoms with Crippen LogP contribution in [0.3, 0.4) is 0 Å². The molecule has 0 saturated heterocycles. The summed E-state index contributed by atoms with van der Waals surface area (Å²) in [7, 11) is 0. The van der Waals surface area contributed by atoms with Gasteiger partial charge in [-0.25, -0.2) is 0 Å². The van der Waals surface area contributed by atoms with E-state index in [2.05, 4.69) is 0 Å². The molecule has 1 N–H and O–H groups in total. The van der Waals surface area contributed by atoms with Gasteiger partial charge < -0.3 is 5.11 Å². The second-order valence-electron chi connectivity index (χ2n) is 2.50. The van der Waals surface area contributed by atoms with Crippen molar-refractivity contribution in [3.63, 3.8) is 0 Å². The van der Waals surface area contributed by atoms with Crippen molar-refractivity contribution in [2.24, 2.45) is 0 Å². The maximum Gasteiger partial charge on any atom is 0.0700 e. The summed E-state index contributed by atoms with van der Waals surface area (Å²) in [6.07, 6.45) is 1.40. The average molecular weight is 180 g/mol. The molecule has 0 bridgehead atoms. The number of rotatable bonds is 3. The molecule has 0 aliphatic heterocycles. The Morgan fingerprint density at radius 3 is 2.58 bits per heavy atom. The van der Waals surface area contributed by atoms with Crippen LogP contribution in [0.2, 0.25) is 0 Å². The van der Waals surface area contributed by atoms with Crippen molar-refractivity contribution in [2.45, 2.75) is 17.9 Å². The van der Waals surface area contributed by atoms with Crippen LogP contribution in [0.15, 0.2) is 46.7 Å². The third-order valence-corrected chi connectivity index (χ3v) is 2.14. The normalized spacial score (nSPS) is 13.5. The van der Waals surface area contributed by atoms with E-state index in [9.17, 15) is 0 Å². The number of hydrogen-bond acceptors (Lipinski definition) is 2. The highest BCUT2D eigenvalue weighted by Crippen LogP contribution is 2.17. The van der Waals surface area contributed by atoms with Crippen molar-refractivity contribution in [3.05, 3.63) is 41.8 Å². The van der Waals surface area contributed by atoms with Gasteiger partial charge in [-0.15, -0.1) is 0 Å². The zero-order chi connectivity index (χ0) is 8.81. The summed E-state index contributed by atoms with van der Waals surface area (Å²) < 4.78 is 0. The molecule has 0 aromatic heterocycles. The highest BCUT2D eigenvalue weighted by atomic mass is 32.2. The van der Waals surface area contributed by atoms with Crippen LogP contribution in [0.1, 0.15) is 6.92 Å². The van der Waals surface area contributed by atoms with Crippen LogP contribution in [0.25, 0.3) is 0 Å². The van der Waals surface area contributed by atoms with E-state index in [1.165, 1.54) is 4.90 Å². The van der Waals surface area contributed by atoms with Crippen LogP contribution in [-0.2, 0) is 0 Å². The lowest BCUT2D eigenvalue weighted by Crippen LogP contribution is -1.90. The van der Waals surface area contributed by atoms with Gasteiger partial charge in [0.15, 0.2) is 0 Å². The number of thioether (sulfide) groups is 1. The average Bonchev–Trinajstić information content (AvgIpc) is 2.05. The Morgan fingerprint density at radius 2 is 2.00 bits per heavy atom. The summed E-state index contributed by atoms with van der Waals surface area (Å²) in [6, 6.07) is 10.1. The molecule has 1 rings (SSSR count). The molecule has 2 heteroatoms. The Kier molecular flexibility index (Phi) is 3.91. The first-order valence-electron chi connectivity index (χ1n) is 3.85. The van der Waals surface area contributed by atoms with Gasteiger partial charge in [-0.05, 0) is 30.5 Å². The first-order valence-corrected chi connectivity index (χ1v) is 4.73. The van der Waals surface area contributed by atoms with Crippen molar-refractivity contribution >= 4 is 11.8 Å². The minimum Gasteiger partial charge on any atom is -0.389 e. The Bertz CT molecular complexity index is 241. The van der Waals surface area contributed by atoms with E-state index >= 15 is 0 Å². The van der Waals surface area contributed by atoms with Crippen molar-refractivity contribution in [1.82, 2.24) is 0 Å². The summed E-state index contributed by atoms with van der Waals surface area (Å²) in [5, 5.41) is 10.8. The summed E-state index contributed by atoms with van der Waals surface area (Å²) in [4.78, 5) is 1.19. The van der Waals surface area contributed by atoms with E-state index in [0.29, 0.717) is 0 Å². The fraction of sp³-hybridized carbons (Fsp3) is 0.200. The van der Waals surface area contributed by atoms with Crippen LogP contribution in [-0.4, -0.2) is 11.2 Å². The van der Waals surface area contributed by atoms with Gasteiger partial charge in [0.25, 0.3) is 0 Å². The fourth-order valence-corrected chi connectivity index (χ4v) is 1.51.